The molecule has 0 aromatic heterocycles. The van der Waals surface area contributed by atoms with Crippen molar-refractivity contribution in [2.75, 3.05) is 6.26 Å². The van der Waals surface area contributed by atoms with E-state index in [1.165, 1.54) is 17.7 Å². The average molecular weight is 515 g/mol. The maximum atomic E-state index is 12.1. The maximum Gasteiger partial charge on any atom is 0.491 e. The summed E-state index contributed by atoms with van der Waals surface area (Å²) >= 11 is 0. The Bertz CT molecular complexity index is 1140. The molecular formula is C23H21F3O6S2. The zero-order valence-corrected chi connectivity index (χ0v) is 19.5. The number of hydrogen-bond donors (Lipinski definition) is 0. The fourth-order valence-corrected chi connectivity index (χ4v) is 4.27. The molecule has 0 heterocycles. The van der Waals surface area contributed by atoms with Crippen LogP contribution < -0.4 is 4.74 Å². The van der Waals surface area contributed by atoms with Gasteiger partial charge in [0.2, 0.25) is 10.4 Å². The van der Waals surface area contributed by atoms with Crippen molar-refractivity contribution in [1.29, 1.82) is 0 Å². The normalized spacial score (nSPS) is 12.3. The van der Waals surface area contributed by atoms with E-state index in [2.05, 4.69) is 15.2 Å². The first-order valence-corrected chi connectivity index (χ1v) is 12.8. The Morgan fingerprint density at radius 1 is 0.882 bits per heavy atom. The van der Waals surface area contributed by atoms with Crippen molar-refractivity contribution >= 4 is 27.3 Å². The van der Waals surface area contributed by atoms with Crippen molar-refractivity contribution in [3.63, 3.8) is 0 Å². The van der Waals surface area contributed by atoms with Crippen molar-refractivity contribution in [3.8, 4) is 5.75 Å². The molecule has 0 N–H and O–H groups in total. The molecule has 0 saturated heterocycles. The van der Waals surface area contributed by atoms with Crippen LogP contribution in [0.3, 0.4) is 0 Å². The number of rotatable bonds is 7. The number of hydrogen-bond acceptors (Lipinski definition) is 6. The summed E-state index contributed by atoms with van der Waals surface area (Å²) in [7, 11) is -4.66. The van der Waals surface area contributed by atoms with Crippen LogP contribution in [0.5, 0.6) is 5.75 Å². The highest BCUT2D eigenvalue weighted by atomic mass is 32.3. The van der Waals surface area contributed by atoms with Gasteiger partial charge in [-0.1, -0.05) is 60.7 Å². The van der Waals surface area contributed by atoms with E-state index in [4.69, 9.17) is 0 Å². The number of benzene rings is 3. The molecule has 34 heavy (non-hydrogen) atoms. The number of carbonyl (C=O) groups is 1. The van der Waals surface area contributed by atoms with Crippen LogP contribution in [0.1, 0.15) is 11.1 Å². The summed E-state index contributed by atoms with van der Waals surface area (Å²) in [6, 6.07) is 24.7. The van der Waals surface area contributed by atoms with Crippen LogP contribution in [0.15, 0.2) is 89.8 Å². The van der Waals surface area contributed by atoms with Gasteiger partial charge >= 0.3 is 12.1 Å². The lowest BCUT2D eigenvalue weighted by molar-refractivity contribution is -0.189. The SMILES string of the molecule is C[S+](Cc1ccccc1)c1ccc(OC(=O)C(F)(F)F)cc1.O=S(=O)([O-])OCc1ccccc1. The molecule has 0 saturated carbocycles. The molecule has 3 rings (SSSR count). The van der Waals surface area contributed by atoms with Gasteiger partial charge in [-0.25, -0.2) is 13.2 Å². The summed E-state index contributed by atoms with van der Waals surface area (Å²) in [6.45, 7) is -0.202. The molecule has 0 amide bonds. The lowest BCUT2D eigenvalue weighted by Gasteiger charge is -2.07. The molecule has 6 nitrogen and oxygen atoms in total. The molecule has 1 unspecified atom stereocenters. The van der Waals surface area contributed by atoms with Crippen molar-refractivity contribution < 1.29 is 39.9 Å². The van der Waals surface area contributed by atoms with Gasteiger partial charge in [-0.05, 0) is 29.8 Å². The third-order valence-electron chi connectivity index (χ3n) is 4.11. The monoisotopic (exact) mass is 514 g/mol. The average Bonchev–Trinajstić information content (AvgIpc) is 2.79. The molecule has 11 heteroatoms. The minimum atomic E-state index is -4.99. The van der Waals surface area contributed by atoms with E-state index in [0.717, 1.165) is 10.6 Å². The topological polar surface area (TPSA) is 92.7 Å². The van der Waals surface area contributed by atoms with Gasteiger partial charge in [-0.15, -0.1) is 0 Å². The van der Waals surface area contributed by atoms with Gasteiger partial charge in [0, 0.05) is 16.5 Å². The van der Waals surface area contributed by atoms with E-state index in [1.54, 1.807) is 42.5 Å². The lowest BCUT2D eigenvalue weighted by atomic mass is 10.2. The van der Waals surface area contributed by atoms with Crippen molar-refractivity contribution in [1.82, 2.24) is 0 Å². The highest BCUT2D eigenvalue weighted by Crippen LogP contribution is 2.23. The van der Waals surface area contributed by atoms with E-state index in [9.17, 15) is 30.9 Å². The minimum absolute atomic E-state index is 0.0851. The molecule has 1 atom stereocenters. The van der Waals surface area contributed by atoms with E-state index in [-0.39, 0.29) is 23.3 Å². The number of carbonyl (C=O) groups excluding carboxylic acids is 1. The van der Waals surface area contributed by atoms with Crippen LogP contribution in [0, 0.1) is 0 Å². The first kappa shape index (κ1) is 27.4. The Labute approximate surface area is 198 Å². The van der Waals surface area contributed by atoms with Gasteiger partial charge in [-0.3, -0.25) is 4.18 Å². The number of halogens is 3. The van der Waals surface area contributed by atoms with Gasteiger partial charge in [0.25, 0.3) is 0 Å². The predicted octanol–water partition coefficient (Wildman–Crippen LogP) is 4.62. The van der Waals surface area contributed by atoms with Gasteiger partial charge in [-0.2, -0.15) is 13.2 Å². The smallest absolute Gasteiger partial charge is 0.491 e. The lowest BCUT2D eigenvalue weighted by Crippen LogP contribution is -2.27. The minimum Gasteiger partial charge on any atom is -0.726 e. The third-order valence-corrected chi connectivity index (χ3v) is 6.36. The molecule has 0 spiro atoms. The van der Waals surface area contributed by atoms with Crippen molar-refractivity contribution in [2.24, 2.45) is 0 Å². The summed E-state index contributed by atoms with van der Waals surface area (Å²) < 4.78 is 74.7. The molecule has 3 aromatic rings. The fourth-order valence-electron chi connectivity index (χ4n) is 2.53. The zero-order valence-electron chi connectivity index (χ0n) is 17.9. The molecule has 0 fully saturated rings. The van der Waals surface area contributed by atoms with Crippen molar-refractivity contribution in [2.45, 2.75) is 23.4 Å². The summed E-state index contributed by atoms with van der Waals surface area (Å²) in [5, 5.41) is 0. The van der Waals surface area contributed by atoms with Gasteiger partial charge < -0.3 is 9.29 Å². The van der Waals surface area contributed by atoms with Crippen LogP contribution in [0.4, 0.5) is 13.2 Å². The van der Waals surface area contributed by atoms with E-state index < -0.39 is 22.5 Å². The van der Waals surface area contributed by atoms with E-state index >= 15 is 0 Å². The summed E-state index contributed by atoms with van der Waals surface area (Å²) in [5.74, 6) is -1.47. The summed E-state index contributed by atoms with van der Waals surface area (Å²) in [4.78, 5) is 11.7. The molecule has 0 aliphatic rings. The van der Waals surface area contributed by atoms with Crippen LogP contribution in [-0.4, -0.2) is 31.4 Å². The van der Waals surface area contributed by atoms with Crippen LogP contribution >= 0.6 is 0 Å². The number of alkyl halides is 3. The fraction of sp³-hybridized carbons (Fsp3) is 0.174. The first-order chi connectivity index (χ1) is 15.9. The number of esters is 1. The first-order valence-electron chi connectivity index (χ1n) is 9.64. The van der Waals surface area contributed by atoms with E-state index in [1.807, 2.05) is 30.3 Å². The highest BCUT2D eigenvalue weighted by molar-refractivity contribution is 7.95. The second-order valence-corrected chi connectivity index (χ2v) is 9.87. The Morgan fingerprint density at radius 2 is 1.38 bits per heavy atom. The predicted molar refractivity (Wildman–Crippen MR) is 121 cm³/mol. The molecule has 3 aromatic carbocycles. The molecule has 0 bridgehead atoms. The molecule has 0 radical (unpaired) electrons. The Morgan fingerprint density at radius 3 is 1.85 bits per heavy atom. The second-order valence-electron chi connectivity index (χ2n) is 6.78. The Kier molecular flexibility index (Phi) is 10.1. The molecule has 0 aliphatic carbocycles. The van der Waals surface area contributed by atoms with Gasteiger partial charge in [0.15, 0.2) is 4.90 Å². The quantitative estimate of drug-likeness (QED) is 0.150. The Hall–Kier alpha value is -2.86. The van der Waals surface area contributed by atoms with Gasteiger partial charge in [0.1, 0.15) is 17.8 Å². The molecule has 0 aliphatic heterocycles. The zero-order chi connectivity index (χ0) is 25.2. The largest absolute Gasteiger partial charge is 0.726 e. The highest BCUT2D eigenvalue weighted by Gasteiger charge is 2.41. The maximum absolute atomic E-state index is 12.1. The second kappa shape index (κ2) is 12.6. The standard InChI is InChI=1S/C16H14F3O2S.C7H8O4S/c1-22(11-12-5-3-2-4-6-12)14-9-7-13(8-10-14)21-15(20)16(17,18)19;8-12(9,10)11-6-7-4-2-1-3-5-7/h2-10H,11H2,1H3;1-5H,6H2,(H,8,9,10)/q+1;/p-1. The summed E-state index contributed by atoms with van der Waals surface area (Å²) in [5.41, 5.74) is 1.85. The van der Waals surface area contributed by atoms with E-state index in [0.29, 0.717) is 5.56 Å². The van der Waals surface area contributed by atoms with Crippen molar-refractivity contribution in [3.05, 3.63) is 96.1 Å². The van der Waals surface area contributed by atoms with Crippen LogP contribution in [0.25, 0.3) is 0 Å². The van der Waals surface area contributed by atoms with Gasteiger partial charge in [0.05, 0.1) is 6.61 Å². The number of ether oxygens (including phenoxy) is 1. The summed E-state index contributed by atoms with van der Waals surface area (Å²) in [6.07, 6.45) is -2.93. The molecule has 182 valence electrons. The van der Waals surface area contributed by atoms with Crippen LogP contribution in [0.2, 0.25) is 0 Å². The third kappa shape index (κ3) is 10.4. The van der Waals surface area contributed by atoms with Crippen LogP contribution in [-0.2, 0) is 42.6 Å². The molecular weight excluding hydrogens is 493 g/mol. The Balaban J connectivity index is 0.000000287.